The quantitative estimate of drug-likeness (QED) is 0.880. The molecule has 18 heavy (non-hydrogen) atoms. The minimum atomic E-state index is 0.398. The van der Waals surface area contributed by atoms with Crippen LogP contribution in [0.1, 0.15) is 18.4 Å². The van der Waals surface area contributed by atoms with Gasteiger partial charge in [0.1, 0.15) is 0 Å². The monoisotopic (exact) mass is 246 g/mol. The van der Waals surface area contributed by atoms with E-state index in [2.05, 4.69) is 34.5 Å². The van der Waals surface area contributed by atoms with Gasteiger partial charge in [0.25, 0.3) is 0 Å². The Hall–Kier alpha value is -1.06. The van der Waals surface area contributed by atoms with Crippen LogP contribution in [0.5, 0.6) is 0 Å². The van der Waals surface area contributed by atoms with Crippen LogP contribution in [0.25, 0.3) is 0 Å². The molecule has 0 amide bonds. The van der Waals surface area contributed by atoms with E-state index in [0.717, 1.165) is 19.5 Å². The van der Waals surface area contributed by atoms with E-state index in [1.54, 1.807) is 0 Å². The molecule has 2 atom stereocenters. The number of hydrogen-bond acceptors (Lipinski definition) is 3. The lowest BCUT2D eigenvalue weighted by molar-refractivity contribution is 0.117. The molecule has 2 aliphatic rings. The van der Waals surface area contributed by atoms with Gasteiger partial charge in [-0.1, -0.05) is 18.2 Å². The van der Waals surface area contributed by atoms with Gasteiger partial charge in [-0.15, -0.1) is 0 Å². The number of ether oxygens (including phenoxy) is 1. The van der Waals surface area contributed by atoms with Gasteiger partial charge in [-0.05, 0) is 30.9 Å². The third-order valence-corrected chi connectivity index (χ3v) is 4.16. The molecule has 0 saturated carbocycles. The van der Waals surface area contributed by atoms with Crippen molar-refractivity contribution in [2.75, 3.05) is 31.6 Å². The first-order chi connectivity index (χ1) is 8.86. The van der Waals surface area contributed by atoms with Crippen LogP contribution in [-0.4, -0.2) is 38.9 Å². The number of rotatable bonds is 3. The third-order valence-electron chi connectivity index (χ3n) is 4.16. The molecule has 2 heterocycles. The van der Waals surface area contributed by atoms with Gasteiger partial charge in [-0.3, -0.25) is 0 Å². The molecule has 0 bridgehead atoms. The molecule has 3 nitrogen and oxygen atoms in total. The zero-order chi connectivity index (χ0) is 12.4. The summed E-state index contributed by atoms with van der Waals surface area (Å²) in [5.41, 5.74) is 2.94. The first-order valence-corrected chi connectivity index (χ1v) is 6.96. The normalized spacial score (nSPS) is 27.3. The van der Waals surface area contributed by atoms with Crippen LogP contribution >= 0.6 is 0 Å². The van der Waals surface area contributed by atoms with Crippen molar-refractivity contribution in [3.8, 4) is 0 Å². The van der Waals surface area contributed by atoms with Gasteiger partial charge < -0.3 is 15.0 Å². The van der Waals surface area contributed by atoms with Crippen LogP contribution in [-0.2, 0) is 11.2 Å². The van der Waals surface area contributed by atoms with Crippen molar-refractivity contribution in [3.63, 3.8) is 0 Å². The Kier molecular flexibility index (Phi) is 3.52. The van der Waals surface area contributed by atoms with E-state index in [1.807, 2.05) is 7.11 Å². The molecule has 0 radical (unpaired) electrons. The average molecular weight is 246 g/mol. The van der Waals surface area contributed by atoms with Gasteiger partial charge in [-0.25, -0.2) is 0 Å². The topological polar surface area (TPSA) is 24.5 Å². The molecule has 1 fully saturated rings. The van der Waals surface area contributed by atoms with Gasteiger partial charge in [0.05, 0.1) is 6.10 Å². The maximum atomic E-state index is 5.42. The summed E-state index contributed by atoms with van der Waals surface area (Å²) in [4.78, 5) is 2.54. The van der Waals surface area contributed by atoms with Crippen LogP contribution < -0.4 is 10.2 Å². The van der Waals surface area contributed by atoms with E-state index in [9.17, 15) is 0 Å². The minimum Gasteiger partial charge on any atom is -0.380 e. The highest BCUT2D eigenvalue weighted by Gasteiger charge is 2.27. The Bertz CT molecular complexity index is 407. The number of anilines is 1. The number of para-hydroxylation sites is 1. The molecule has 1 aromatic carbocycles. The third kappa shape index (κ3) is 2.38. The fourth-order valence-corrected chi connectivity index (χ4v) is 3.17. The standard InChI is InChI=1S/C15H22N2O/c1-18-14-9-13(16-10-14)11-17-8-4-6-12-5-2-3-7-15(12)17/h2-3,5,7,13-14,16H,4,6,8-11H2,1H3. The summed E-state index contributed by atoms with van der Waals surface area (Å²) < 4.78 is 5.42. The van der Waals surface area contributed by atoms with E-state index in [4.69, 9.17) is 4.74 Å². The van der Waals surface area contributed by atoms with E-state index >= 15 is 0 Å². The van der Waals surface area contributed by atoms with Crippen LogP contribution in [0.2, 0.25) is 0 Å². The van der Waals surface area contributed by atoms with Crippen molar-refractivity contribution in [1.82, 2.24) is 5.32 Å². The van der Waals surface area contributed by atoms with Crippen molar-refractivity contribution < 1.29 is 4.74 Å². The lowest BCUT2D eigenvalue weighted by Gasteiger charge is -2.33. The largest absolute Gasteiger partial charge is 0.380 e. The summed E-state index contributed by atoms with van der Waals surface area (Å²) in [5, 5.41) is 3.57. The molecule has 98 valence electrons. The highest BCUT2D eigenvalue weighted by Crippen LogP contribution is 2.27. The highest BCUT2D eigenvalue weighted by molar-refractivity contribution is 5.55. The summed E-state index contributed by atoms with van der Waals surface area (Å²) >= 11 is 0. The van der Waals surface area contributed by atoms with Crippen LogP contribution in [0.3, 0.4) is 0 Å². The highest BCUT2D eigenvalue weighted by atomic mass is 16.5. The number of nitrogens with one attached hydrogen (secondary N) is 1. The minimum absolute atomic E-state index is 0.398. The van der Waals surface area contributed by atoms with Gasteiger partial charge in [-0.2, -0.15) is 0 Å². The Labute approximate surface area is 109 Å². The van der Waals surface area contributed by atoms with Crippen molar-refractivity contribution in [1.29, 1.82) is 0 Å². The van der Waals surface area contributed by atoms with Crippen LogP contribution in [0.15, 0.2) is 24.3 Å². The van der Waals surface area contributed by atoms with Crippen LogP contribution in [0.4, 0.5) is 5.69 Å². The Morgan fingerprint density at radius 2 is 2.28 bits per heavy atom. The Morgan fingerprint density at radius 1 is 1.39 bits per heavy atom. The average Bonchev–Trinajstić information content (AvgIpc) is 2.87. The second kappa shape index (κ2) is 5.29. The lowest BCUT2D eigenvalue weighted by atomic mass is 10.0. The van der Waals surface area contributed by atoms with Gasteiger partial charge in [0.2, 0.25) is 0 Å². The summed E-state index contributed by atoms with van der Waals surface area (Å²) in [5.74, 6) is 0. The maximum absolute atomic E-state index is 5.42. The van der Waals surface area contributed by atoms with Gasteiger partial charge in [0.15, 0.2) is 0 Å². The predicted molar refractivity (Wildman–Crippen MR) is 74.2 cm³/mol. The number of methoxy groups -OCH3 is 1. The number of hydrogen-bond donors (Lipinski definition) is 1. The first-order valence-electron chi connectivity index (χ1n) is 6.96. The first kappa shape index (κ1) is 12.0. The summed E-state index contributed by atoms with van der Waals surface area (Å²) in [7, 11) is 1.81. The van der Waals surface area contributed by atoms with Crippen molar-refractivity contribution >= 4 is 5.69 Å². The predicted octanol–water partition coefficient (Wildman–Crippen LogP) is 1.82. The van der Waals surface area contributed by atoms with Crippen molar-refractivity contribution in [2.24, 2.45) is 0 Å². The second-order valence-corrected chi connectivity index (χ2v) is 5.38. The van der Waals surface area contributed by atoms with Crippen molar-refractivity contribution in [3.05, 3.63) is 29.8 Å². The van der Waals surface area contributed by atoms with Crippen molar-refractivity contribution in [2.45, 2.75) is 31.4 Å². The molecule has 1 N–H and O–H groups in total. The molecule has 1 saturated heterocycles. The molecular weight excluding hydrogens is 224 g/mol. The van der Waals surface area contributed by atoms with Gasteiger partial charge >= 0.3 is 0 Å². The summed E-state index contributed by atoms with van der Waals surface area (Å²) in [6.07, 6.45) is 4.04. The summed E-state index contributed by atoms with van der Waals surface area (Å²) in [6.45, 7) is 3.29. The van der Waals surface area contributed by atoms with E-state index < -0.39 is 0 Å². The van der Waals surface area contributed by atoms with E-state index in [-0.39, 0.29) is 0 Å². The zero-order valence-corrected chi connectivity index (χ0v) is 11.1. The maximum Gasteiger partial charge on any atom is 0.0711 e. The van der Waals surface area contributed by atoms with E-state index in [0.29, 0.717) is 12.1 Å². The SMILES string of the molecule is COC1CNC(CN2CCCc3ccccc32)C1. The number of aryl methyl sites for hydroxylation is 1. The fourth-order valence-electron chi connectivity index (χ4n) is 3.17. The lowest BCUT2D eigenvalue weighted by Crippen LogP contribution is -2.40. The Morgan fingerprint density at radius 3 is 3.11 bits per heavy atom. The smallest absolute Gasteiger partial charge is 0.0711 e. The molecule has 3 rings (SSSR count). The molecule has 2 aliphatic heterocycles. The number of nitrogens with zero attached hydrogens (tertiary/aromatic N) is 1. The molecule has 3 heteroatoms. The molecule has 0 spiro atoms. The summed E-state index contributed by atoms with van der Waals surface area (Å²) in [6, 6.07) is 9.40. The van der Waals surface area contributed by atoms with Crippen LogP contribution in [0, 0.1) is 0 Å². The molecule has 1 aromatic rings. The zero-order valence-electron chi connectivity index (χ0n) is 11.1. The molecular formula is C15H22N2O. The Balaban J connectivity index is 1.67. The van der Waals surface area contributed by atoms with Gasteiger partial charge in [0, 0.05) is 38.5 Å². The molecule has 0 aliphatic carbocycles. The number of benzene rings is 1. The molecule has 0 aromatic heterocycles. The fraction of sp³-hybridized carbons (Fsp3) is 0.600. The second-order valence-electron chi connectivity index (χ2n) is 5.38. The number of fused-ring (bicyclic) bond motifs is 1. The molecule has 2 unspecified atom stereocenters. The van der Waals surface area contributed by atoms with E-state index in [1.165, 1.54) is 30.6 Å².